The Morgan fingerprint density at radius 1 is 0.378 bits per heavy atom. The third kappa shape index (κ3) is 4.80. The maximum absolute atomic E-state index is 2.39. The quantitative estimate of drug-likeness (QED) is 0.200. The molecule has 8 rings (SSSR count). The van der Waals surface area contributed by atoms with Crippen molar-refractivity contribution in [1.82, 2.24) is 0 Å². The second-order valence-electron chi connectivity index (χ2n) is 13.7. The van der Waals surface area contributed by atoms with Crippen molar-refractivity contribution in [3.8, 4) is 33.4 Å². The van der Waals surface area contributed by atoms with Gasteiger partial charge in [0.2, 0.25) is 0 Å². The summed E-state index contributed by atoms with van der Waals surface area (Å²) in [6.07, 6.45) is 0. The van der Waals surface area contributed by atoms with Crippen molar-refractivity contribution < 1.29 is 0 Å². The van der Waals surface area contributed by atoms with Crippen molar-refractivity contribution in [2.24, 2.45) is 0 Å². The summed E-state index contributed by atoms with van der Waals surface area (Å²) in [5, 5.41) is 5.10. The molecule has 0 N–H and O–H groups in total. The van der Waals surface area contributed by atoms with Gasteiger partial charge in [-0.25, -0.2) is 0 Å². The fourth-order valence-corrected chi connectivity index (χ4v) is 6.73. The van der Waals surface area contributed by atoms with Crippen LogP contribution < -0.4 is 4.90 Å². The zero-order valence-electron chi connectivity index (χ0n) is 26.6. The summed E-state index contributed by atoms with van der Waals surface area (Å²) in [7, 11) is 0. The van der Waals surface area contributed by atoms with Crippen LogP contribution in [0.4, 0.5) is 17.1 Å². The van der Waals surface area contributed by atoms with E-state index < -0.39 is 0 Å². The van der Waals surface area contributed by atoms with Gasteiger partial charge in [0.1, 0.15) is 0 Å². The van der Waals surface area contributed by atoms with Crippen LogP contribution in [0.5, 0.6) is 0 Å². The number of anilines is 3. The fraction of sp³-hybridized carbons (Fsp3) is 0.136. The van der Waals surface area contributed by atoms with Crippen LogP contribution in [0, 0.1) is 13.8 Å². The van der Waals surface area contributed by atoms with E-state index >= 15 is 0 Å². The predicted octanol–water partition coefficient (Wildman–Crippen LogP) is 12.7. The van der Waals surface area contributed by atoms with Crippen LogP contribution in [0.3, 0.4) is 0 Å². The van der Waals surface area contributed by atoms with Gasteiger partial charge in [0.15, 0.2) is 0 Å². The first-order chi connectivity index (χ1) is 21.7. The first kappa shape index (κ1) is 27.4. The van der Waals surface area contributed by atoms with E-state index in [9.17, 15) is 0 Å². The molecule has 0 saturated carbocycles. The van der Waals surface area contributed by atoms with E-state index in [0.717, 1.165) is 17.1 Å². The molecule has 0 saturated heterocycles. The highest BCUT2D eigenvalue weighted by atomic mass is 15.1. The Morgan fingerprint density at radius 3 is 1.31 bits per heavy atom. The Labute approximate surface area is 266 Å². The molecule has 0 bridgehead atoms. The van der Waals surface area contributed by atoms with Gasteiger partial charge in [-0.05, 0) is 146 Å². The van der Waals surface area contributed by atoms with Gasteiger partial charge in [-0.3, -0.25) is 0 Å². The number of aryl methyl sites for hydroxylation is 2. The lowest BCUT2D eigenvalue weighted by molar-refractivity contribution is 0.590. The second kappa shape index (κ2) is 10.2. The molecule has 0 unspecified atom stereocenters. The van der Waals surface area contributed by atoms with Crippen molar-refractivity contribution in [2.75, 3.05) is 4.90 Å². The Balaban J connectivity index is 1.17. The Kier molecular flexibility index (Phi) is 6.22. The van der Waals surface area contributed by atoms with Crippen LogP contribution in [-0.4, -0.2) is 0 Å². The SMILES string of the molecule is Cc1ccc(N(c2ccc(C)cc2)c2ccc3cc4c(cc3c2)-c2cc3ccc(-c5ccc(C(C)(C)C)cc5)cc3cc2-4)cc1. The normalized spacial score (nSPS) is 12.1. The molecule has 218 valence electrons. The summed E-state index contributed by atoms with van der Waals surface area (Å²) in [4.78, 5) is 2.35. The summed E-state index contributed by atoms with van der Waals surface area (Å²) in [5.41, 5.74) is 15.4. The number of rotatable bonds is 4. The van der Waals surface area contributed by atoms with Gasteiger partial charge in [-0.15, -0.1) is 0 Å². The lowest BCUT2D eigenvalue weighted by Crippen LogP contribution is -2.10. The van der Waals surface area contributed by atoms with Gasteiger partial charge in [0.25, 0.3) is 0 Å². The molecule has 0 radical (unpaired) electrons. The molecule has 7 aromatic carbocycles. The maximum Gasteiger partial charge on any atom is 0.0468 e. The third-order valence-corrected chi connectivity index (χ3v) is 9.44. The van der Waals surface area contributed by atoms with Gasteiger partial charge in [-0.2, -0.15) is 0 Å². The summed E-state index contributed by atoms with van der Waals surface area (Å²) in [5.74, 6) is 0. The molecule has 0 atom stereocenters. The zero-order valence-corrected chi connectivity index (χ0v) is 26.6. The van der Waals surface area contributed by atoms with Crippen molar-refractivity contribution in [1.29, 1.82) is 0 Å². The van der Waals surface area contributed by atoms with Crippen LogP contribution >= 0.6 is 0 Å². The molecule has 45 heavy (non-hydrogen) atoms. The van der Waals surface area contributed by atoms with Crippen molar-refractivity contribution in [3.63, 3.8) is 0 Å². The molecule has 1 heteroatoms. The Bertz CT molecular complexity index is 2180. The van der Waals surface area contributed by atoms with E-state index in [1.54, 1.807) is 0 Å². The van der Waals surface area contributed by atoms with Crippen molar-refractivity contribution in [3.05, 3.63) is 150 Å². The van der Waals surface area contributed by atoms with Crippen LogP contribution in [0.1, 0.15) is 37.5 Å². The minimum absolute atomic E-state index is 0.158. The van der Waals surface area contributed by atoms with E-state index in [1.165, 1.54) is 71.6 Å². The molecule has 0 fully saturated rings. The smallest absolute Gasteiger partial charge is 0.0468 e. The molecular formula is C44H37N. The largest absolute Gasteiger partial charge is 0.310 e. The maximum atomic E-state index is 2.39. The van der Waals surface area contributed by atoms with Crippen LogP contribution in [0.2, 0.25) is 0 Å². The standard InChI is InChI=1S/C44H37N/c1-28-6-17-37(18-7-28)45(38-19-8-29(2)9-20-38)39-21-14-33-25-41-42-26-34-22-31(30-12-15-36(16-13-30)44(3,4)5)10-11-32(34)24-40(42)43(41)27-35(33)23-39/h6-27H,1-5H3. The summed E-state index contributed by atoms with van der Waals surface area (Å²) >= 11 is 0. The highest BCUT2D eigenvalue weighted by Crippen LogP contribution is 2.51. The number of benzene rings is 7. The molecule has 1 aliphatic carbocycles. The average molecular weight is 580 g/mol. The zero-order chi connectivity index (χ0) is 30.9. The minimum Gasteiger partial charge on any atom is -0.310 e. The van der Waals surface area contributed by atoms with Crippen LogP contribution in [-0.2, 0) is 5.41 Å². The fourth-order valence-electron chi connectivity index (χ4n) is 6.73. The second-order valence-corrected chi connectivity index (χ2v) is 13.7. The predicted molar refractivity (Wildman–Crippen MR) is 194 cm³/mol. The van der Waals surface area contributed by atoms with Gasteiger partial charge >= 0.3 is 0 Å². The molecule has 7 aromatic rings. The van der Waals surface area contributed by atoms with E-state index in [-0.39, 0.29) is 5.41 Å². The summed E-state index contributed by atoms with van der Waals surface area (Å²) < 4.78 is 0. The van der Waals surface area contributed by atoms with Crippen molar-refractivity contribution in [2.45, 2.75) is 40.0 Å². The topological polar surface area (TPSA) is 3.24 Å². The van der Waals surface area contributed by atoms with Gasteiger partial charge in [0, 0.05) is 17.1 Å². The van der Waals surface area contributed by atoms with Gasteiger partial charge in [-0.1, -0.05) is 98.6 Å². The monoisotopic (exact) mass is 579 g/mol. The summed E-state index contributed by atoms with van der Waals surface area (Å²) in [6.45, 7) is 11.1. The Hall–Kier alpha value is -5.14. The minimum atomic E-state index is 0.158. The van der Waals surface area contributed by atoms with Crippen molar-refractivity contribution >= 4 is 38.6 Å². The molecular weight excluding hydrogens is 542 g/mol. The van der Waals surface area contributed by atoms with E-state index in [2.05, 4.69) is 173 Å². The third-order valence-electron chi connectivity index (χ3n) is 9.44. The van der Waals surface area contributed by atoms with Gasteiger partial charge < -0.3 is 4.90 Å². The van der Waals surface area contributed by atoms with Crippen LogP contribution in [0.25, 0.3) is 54.9 Å². The van der Waals surface area contributed by atoms with E-state index in [4.69, 9.17) is 0 Å². The van der Waals surface area contributed by atoms with E-state index in [1.807, 2.05) is 0 Å². The molecule has 0 spiro atoms. The number of hydrogen-bond donors (Lipinski definition) is 0. The molecule has 0 heterocycles. The van der Waals surface area contributed by atoms with Crippen LogP contribution in [0.15, 0.2) is 133 Å². The van der Waals surface area contributed by atoms with E-state index in [0.29, 0.717) is 0 Å². The molecule has 1 aliphatic rings. The highest BCUT2D eigenvalue weighted by Gasteiger charge is 2.24. The van der Waals surface area contributed by atoms with Gasteiger partial charge in [0.05, 0.1) is 0 Å². The number of hydrogen-bond acceptors (Lipinski definition) is 1. The number of fused-ring (bicyclic) bond motifs is 6. The summed E-state index contributed by atoms with van der Waals surface area (Å²) in [6, 6.07) is 49.9. The Morgan fingerprint density at radius 2 is 0.800 bits per heavy atom. The number of nitrogens with zero attached hydrogens (tertiary/aromatic N) is 1. The average Bonchev–Trinajstić information content (AvgIpc) is 3.04. The molecule has 0 aromatic heterocycles. The lowest BCUT2D eigenvalue weighted by Gasteiger charge is -2.28. The molecule has 0 aliphatic heterocycles. The molecule has 1 nitrogen and oxygen atoms in total. The highest BCUT2D eigenvalue weighted by molar-refractivity contribution is 6.12. The first-order valence-corrected chi connectivity index (χ1v) is 15.9. The molecule has 0 amide bonds. The lowest BCUT2D eigenvalue weighted by atomic mass is 9.77. The first-order valence-electron chi connectivity index (χ1n) is 15.9.